The summed E-state index contributed by atoms with van der Waals surface area (Å²) in [5.41, 5.74) is 2.38. The monoisotopic (exact) mass is 256 g/mol. The lowest BCUT2D eigenvalue weighted by molar-refractivity contribution is -0.385. The number of nitro benzene ring substituents is 1. The first-order chi connectivity index (χ1) is 6.58. The van der Waals surface area contributed by atoms with Crippen LogP contribution in [0.2, 0.25) is 0 Å². The molecule has 1 aliphatic rings. The van der Waals surface area contributed by atoms with Gasteiger partial charge in [-0.15, -0.1) is 0 Å². The largest absolute Gasteiger partial charge is 0.298 e. The van der Waals surface area contributed by atoms with Crippen molar-refractivity contribution in [2.45, 2.75) is 13.1 Å². The molecule has 74 valence electrons. The van der Waals surface area contributed by atoms with Crippen LogP contribution in [0, 0.1) is 10.1 Å². The summed E-state index contributed by atoms with van der Waals surface area (Å²) < 4.78 is 0.566. The van der Waals surface area contributed by atoms with Crippen molar-refractivity contribution in [3.8, 4) is 0 Å². The highest BCUT2D eigenvalue weighted by Gasteiger charge is 2.21. The fraction of sp³-hybridized carbons (Fsp3) is 0.333. The highest BCUT2D eigenvalue weighted by atomic mass is 79.9. The first-order valence-electron chi connectivity index (χ1n) is 4.22. The summed E-state index contributed by atoms with van der Waals surface area (Å²) in [5.74, 6) is 0. The molecule has 0 spiro atoms. The zero-order valence-corrected chi connectivity index (χ0v) is 9.24. The molecule has 0 radical (unpaired) electrons. The molecule has 4 nitrogen and oxygen atoms in total. The van der Waals surface area contributed by atoms with E-state index in [1.807, 2.05) is 13.1 Å². The van der Waals surface area contributed by atoms with Gasteiger partial charge in [0.15, 0.2) is 0 Å². The minimum Gasteiger partial charge on any atom is -0.298 e. The molecule has 0 aromatic heterocycles. The molecule has 2 rings (SSSR count). The van der Waals surface area contributed by atoms with Crippen molar-refractivity contribution in [1.29, 1.82) is 0 Å². The predicted octanol–water partition coefficient (Wildman–Crippen LogP) is 2.30. The van der Waals surface area contributed by atoms with E-state index < -0.39 is 0 Å². The summed E-state index contributed by atoms with van der Waals surface area (Å²) in [4.78, 5) is 12.4. The van der Waals surface area contributed by atoms with Gasteiger partial charge in [-0.2, -0.15) is 0 Å². The van der Waals surface area contributed by atoms with Gasteiger partial charge in [-0.25, -0.2) is 0 Å². The van der Waals surface area contributed by atoms with Crippen LogP contribution < -0.4 is 0 Å². The molecule has 0 aliphatic carbocycles. The Bertz CT molecular complexity index is 406. The molecule has 0 amide bonds. The third kappa shape index (κ3) is 1.53. The third-order valence-electron chi connectivity index (χ3n) is 2.35. The highest BCUT2D eigenvalue weighted by Crippen LogP contribution is 2.32. The Morgan fingerprint density at radius 2 is 2.00 bits per heavy atom. The van der Waals surface area contributed by atoms with Gasteiger partial charge < -0.3 is 0 Å². The van der Waals surface area contributed by atoms with Crippen LogP contribution in [0.4, 0.5) is 5.69 Å². The minimum absolute atomic E-state index is 0.152. The maximum Gasteiger partial charge on any atom is 0.283 e. The van der Waals surface area contributed by atoms with Crippen LogP contribution in [0.5, 0.6) is 0 Å². The van der Waals surface area contributed by atoms with Crippen LogP contribution in [-0.4, -0.2) is 16.9 Å². The zero-order valence-electron chi connectivity index (χ0n) is 7.66. The number of fused-ring (bicyclic) bond motifs is 1. The van der Waals surface area contributed by atoms with Gasteiger partial charge in [0.05, 0.1) is 9.40 Å². The average molecular weight is 257 g/mol. The summed E-state index contributed by atoms with van der Waals surface area (Å²) in [7, 11) is 2.00. The van der Waals surface area contributed by atoms with Crippen molar-refractivity contribution in [2.75, 3.05) is 7.05 Å². The van der Waals surface area contributed by atoms with Crippen LogP contribution >= 0.6 is 15.9 Å². The fourth-order valence-corrected chi connectivity index (χ4v) is 2.25. The van der Waals surface area contributed by atoms with Crippen LogP contribution in [-0.2, 0) is 13.1 Å². The number of hydrogen-bond donors (Lipinski definition) is 0. The summed E-state index contributed by atoms with van der Waals surface area (Å²) in [5, 5.41) is 10.7. The molecule has 0 N–H and O–H groups in total. The van der Waals surface area contributed by atoms with E-state index in [1.54, 1.807) is 6.07 Å². The molecule has 1 heterocycles. The van der Waals surface area contributed by atoms with E-state index in [2.05, 4.69) is 20.8 Å². The van der Waals surface area contributed by atoms with Crippen LogP contribution in [0.3, 0.4) is 0 Å². The lowest BCUT2D eigenvalue weighted by Crippen LogP contribution is -2.07. The topological polar surface area (TPSA) is 46.4 Å². The smallest absolute Gasteiger partial charge is 0.283 e. The van der Waals surface area contributed by atoms with Crippen molar-refractivity contribution >= 4 is 21.6 Å². The van der Waals surface area contributed by atoms with Crippen molar-refractivity contribution in [3.05, 3.63) is 37.8 Å². The number of benzene rings is 1. The van der Waals surface area contributed by atoms with E-state index in [4.69, 9.17) is 0 Å². The molecule has 1 aliphatic heterocycles. The normalized spacial score (nSPS) is 15.6. The Balaban J connectivity index is 2.50. The minimum atomic E-state index is -0.358. The molecular weight excluding hydrogens is 248 g/mol. The highest BCUT2D eigenvalue weighted by molar-refractivity contribution is 9.10. The molecule has 5 heteroatoms. The Kier molecular flexibility index (Phi) is 2.28. The summed E-state index contributed by atoms with van der Waals surface area (Å²) >= 11 is 3.21. The molecule has 14 heavy (non-hydrogen) atoms. The number of halogens is 1. The Morgan fingerprint density at radius 3 is 2.57 bits per heavy atom. The summed E-state index contributed by atoms with van der Waals surface area (Å²) in [6, 6.07) is 3.50. The zero-order chi connectivity index (χ0) is 10.3. The van der Waals surface area contributed by atoms with E-state index in [0.717, 1.165) is 18.7 Å². The van der Waals surface area contributed by atoms with Gasteiger partial charge in [0, 0.05) is 19.2 Å². The second-order valence-corrected chi connectivity index (χ2v) is 4.36. The van der Waals surface area contributed by atoms with E-state index >= 15 is 0 Å². The van der Waals surface area contributed by atoms with Gasteiger partial charge in [-0.1, -0.05) is 0 Å². The molecular formula is C9H9BrN2O2. The lowest BCUT2D eigenvalue weighted by atomic mass is 10.1. The second-order valence-electron chi connectivity index (χ2n) is 3.50. The Morgan fingerprint density at radius 1 is 1.43 bits per heavy atom. The summed E-state index contributed by atoms with van der Waals surface area (Å²) in [6.07, 6.45) is 0. The molecule has 0 saturated heterocycles. The van der Waals surface area contributed by atoms with Gasteiger partial charge in [0.25, 0.3) is 5.69 Å². The van der Waals surface area contributed by atoms with Gasteiger partial charge in [-0.05, 0) is 40.2 Å². The van der Waals surface area contributed by atoms with Gasteiger partial charge in [0.1, 0.15) is 0 Å². The fourth-order valence-electron chi connectivity index (χ4n) is 1.72. The molecule has 1 aromatic carbocycles. The van der Waals surface area contributed by atoms with Crippen LogP contribution in [0.15, 0.2) is 16.6 Å². The standard InChI is InChI=1S/C9H9BrN2O2/c1-11-4-6-2-8(10)9(12(13)14)3-7(6)5-11/h2-3H,4-5H2,1H3. The SMILES string of the molecule is CN1Cc2cc(Br)c([N+](=O)[O-])cc2C1. The van der Waals surface area contributed by atoms with Crippen molar-refractivity contribution in [1.82, 2.24) is 4.90 Å². The maximum atomic E-state index is 10.7. The first-order valence-corrected chi connectivity index (χ1v) is 5.01. The van der Waals surface area contributed by atoms with E-state index in [0.29, 0.717) is 4.47 Å². The molecule has 0 saturated carbocycles. The second kappa shape index (κ2) is 3.33. The van der Waals surface area contributed by atoms with Crippen LogP contribution in [0.25, 0.3) is 0 Å². The van der Waals surface area contributed by atoms with Gasteiger partial charge >= 0.3 is 0 Å². The number of nitrogens with zero attached hydrogens (tertiary/aromatic N) is 2. The molecule has 0 fully saturated rings. The van der Waals surface area contributed by atoms with E-state index in [-0.39, 0.29) is 10.6 Å². The third-order valence-corrected chi connectivity index (χ3v) is 2.98. The van der Waals surface area contributed by atoms with Crippen molar-refractivity contribution in [3.63, 3.8) is 0 Å². The molecule has 0 atom stereocenters. The van der Waals surface area contributed by atoms with Crippen molar-refractivity contribution < 1.29 is 4.92 Å². The Hall–Kier alpha value is -0.940. The van der Waals surface area contributed by atoms with Crippen LogP contribution in [0.1, 0.15) is 11.1 Å². The van der Waals surface area contributed by atoms with E-state index in [1.165, 1.54) is 5.56 Å². The predicted molar refractivity (Wildman–Crippen MR) is 56.0 cm³/mol. The quantitative estimate of drug-likeness (QED) is 0.572. The summed E-state index contributed by atoms with van der Waals surface area (Å²) in [6.45, 7) is 1.66. The molecule has 0 bridgehead atoms. The first kappa shape index (κ1) is 9.61. The number of nitro groups is 1. The number of hydrogen-bond acceptors (Lipinski definition) is 3. The number of rotatable bonds is 1. The van der Waals surface area contributed by atoms with E-state index in [9.17, 15) is 10.1 Å². The van der Waals surface area contributed by atoms with Gasteiger partial charge in [-0.3, -0.25) is 15.0 Å². The van der Waals surface area contributed by atoms with Crippen molar-refractivity contribution in [2.24, 2.45) is 0 Å². The van der Waals surface area contributed by atoms with Gasteiger partial charge in [0.2, 0.25) is 0 Å². The maximum absolute atomic E-state index is 10.7. The molecule has 0 unspecified atom stereocenters. The lowest BCUT2D eigenvalue weighted by Gasteiger charge is -2.02. The Labute approximate surface area is 89.8 Å². The average Bonchev–Trinajstić information content (AvgIpc) is 2.42. The molecule has 1 aromatic rings.